The Kier molecular flexibility index (Phi) is 4.00. The molecule has 1 atom stereocenters. The molecule has 2 nitrogen and oxygen atoms in total. The molecule has 1 N–H and O–H groups in total. The van der Waals surface area contributed by atoms with Crippen molar-refractivity contribution in [3.05, 3.63) is 29.8 Å². The van der Waals surface area contributed by atoms with Crippen molar-refractivity contribution in [2.45, 2.75) is 20.3 Å². The zero-order chi connectivity index (χ0) is 10.4. The first-order valence-electron chi connectivity index (χ1n) is 4.96. The van der Waals surface area contributed by atoms with E-state index in [0.29, 0.717) is 0 Å². The van der Waals surface area contributed by atoms with Gasteiger partial charge in [-0.1, -0.05) is 24.6 Å². The van der Waals surface area contributed by atoms with Crippen LogP contribution in [0.5, 0.6) is 0 Å². The van der Waals surface area contributed by atoms with Crippen LogP contribution in [0.3, 0.4) is 0 Å². The summed E-state index contributed by atoms with van der Waals surface area (Å²) in [4.78, 5) is 0. The van der Waals surface area contributed by atoms with Crippen LogP contribution in [-0.4, -0.2) is 6.54 Å². The van der Waals surface area contributed by atoms with Gasteiger partial charge in [0.1, 0.15) is 0 Å². The zero-order valence-electron chi connectivity index (χ0n) is 8.75. The molecule has 0 spiro atoms. The molecule has 2 heteroatoms. The molecule has 74 valence electrons. The van der Waals surface area contributed by atoms with Crippen LogP contribution in [0.4, 0.5) is 5.69 Å². The molecular formula is C12H16N2. The maximum absolute atomic E-state index is 8.76. The fourth-order valence-electron chi connectivity index (χ4n) is 1.19. The first-order chi connectivity index (χ1) is 6.76. The van der Waals surface area contributed by atoms with Crippen LogP contribution in [-0.2, 0) is 0 Å². The van der Waals surface area contributed by atoms with E-state index in [4.69, 9.17) is 5.26 Å². The van der Waals surface area contributed by atoms with Gasteiger partial charge >= 0.3 is 0 Å². The molecule has 0 aliphatic rings. The molecular weight excluding hydrogens is 172 g/mol. The van der Waals surface area contributed by atoms with E-state index in [-0.39, 0.29) is 5.92 Å². The maximum Gasteiger partial charge on any atom is 0.0674 e. The molecule has 1 aromatic rings. The van der Waals surface area contributed by atoms with Crippen LogP contribution in [0.25, 0.3) is 0 Å². The van der Waals surface area contributed by atoms with Gasteiger partial charge in [-0.25, -0.2) is 0 Å². The summed E-state index contributed by atoms with van der Waals surface area (Å²) in [7, 11) is 0. The van der Waals surface area contributed by atoms with Crippen molar-refractivity contribution in [1.82, 2.24) is 0 Å². The van der Waals surface area contributed by atoms with Crippen molar-refractivity contribution in [3.63, 3.8) is 0 Å². The predicted molar refractivity (Wildman–Crippen MR) is 59.1 cm³/mol. The van der Waals surface area contributed by atoms with Gasteiger partial charge < -0.3 is 5.32 Å². The summed E-state index contributed by atoms with van der Waals surface area (Å²) in [5.74, 6) is 0.108. The molecule has 0 saturated carbocycles. The highest BCUT2D eigenvalue weighted by Crippen LogP contribution is 2.10. The quantitative estimate of drug-likeness (QED) is 0.788. The fourth-order valence-corrected chi connectivity index (χ4v) is 1.19. The van der Waals surface area contributed by atoms with Crippen LogP contribution < -0.4 is 5.32 Å². The van der Waals surface area contributed by atoms with Gasteiger partial charge in [0.05, 0.1) is 12.0 Å². The third kappa shape index (κ3) is 3.10. The molecule has 14 heavy (non-hydrogen) atoms. The van der Waals surface area contributed by atoms with E-state index in [0.717, 1.165) is 18.7 Å². The molecule has 1 unspecified atom stereocenters. The van der Waals surface area contributed by atoms with Crippen molar-refractivity contribution in [2.24, 2.45) is 5.92 Å². The highest BCUT2D eigenvalue weighted by atomic mass is 14.9. The number of hydrogen-bond donors (Lipinski definition) is 1. The summed E-state index contributed by atoms with van der Waals surface area (Å²) in [5.41, 5.74) is 2.34. The Morgan fingerprint density at radius 1 is 1.36 bits per heavy atom. The average molecular weight is 188 g/mol. The smallest absolute Gasteiger partial charge is 0.0674 e. The lowest BCUT2D eigenvalue weighted by Crippen LogP contribution is -2.11. The molecule has 0 radical (unpaired) electrons. The molecule has 0 fully saturated rings. The molecule has 1 rings (SSSR count). The lowest BCUT2D eigenvalue weighted by Gasteiger charge is -2.09. The first kappa shape index (κ1) is 10.6. The SMILES string of the molecule is CCC(C#N)CNc1ccc(C)cc1. The van der Waals surface area contributed by atoms with Gasteiger partial charge in [0.25, 0.3) is 0 Å². The molecule has 0 heterocycles. The van der Waals surface area contributed by atoms with Crippen molar-refractivity contribution in [3.8, 4) is 6.07 Å². The molecule has 0 aliphatic carbocycles. The van der Waals surface area contributed by atoms with E-state index >= 15 is 0 Å². The summed E-state index contributed by atoms with van der Waals surface area (Å²) in [6, 6.07) is 10.5. The van der Waals surface area contributed by atoms with E-state index < -0.39 is 0 Å². The number of aryl methyl sites for hydroxylation is 1. The van der Waals surface area contributed by atoms with Gasteiger partial charge in [-0.2, -0.15) is 5.26 Å². The summed E-state index contributed by atoms with van der Waals surface area (Å²) < 4.78 is 0. The van der Waals surface area contributed by atoms with Gasteiger partial charge in [-0.05, 0) is 25.5 Å². The average Bonchev–Trinajstić information content (AvgIpc) is 2.22. The predicted octanol–water partition coefficient (Wildman–Crippen LogP) is 2.96. The maximum atomic E-state index is 8.76. The highest BCUT2D eigenvalue weighted by molar-refractivity contribution is 5.44. The minimum atomic E-state index is 0.108. The topological polar surface area (TPSA) is 35.8 Å². The molecule has 0 amide bonds. The minimum absolute atomic E-state index is 0.108. The van der Waals surface area contributed by atoms with E-state index in [1.165, 1.54) is 5.56 Å². The normalized spacial score (nSPS) is 11.8. The number of rotatable bonds is 4. The van der Waals surface area contributed by atoms with Crippen molar-refractivity contribution < 1.29 is 0 Å². The molecule has 0 aromatic heterocycles. The molecule has 0 bridgehead atoms. The Bertz CT molecular complexity index is 308. The largest absolute Gasteiger partial charge is 0.384 e. The Hall–Kier alpha value is -1.49. The van der Waals surface area contributed by atoms with Gasteiger partial charge in [0.2, 0.25) is 0 Å². The third-order valence-electron chi connectivity index (χ3n) is 2.28. The third-order valence-corrected chi connectivity index (χ3v) is 2.28. The summed E-state index contributed by atoms with van der Waals surface area (Å²) in [6.45, 7) is 4.83. The number of anilines is 1. The Morgan fingerprint density at radius 2 is 2.00 bits per heavy atom. The van der Waals surface area contributed by atoms with E-state index in [2.05, 4.69) is 30.4 Å². The second kappa shape index (κ2) is 5.29. The first-order valence-corrected chi connectivity index (χ1v) is 4.96. The second-order valence-corrected chi connectivity index (χ2v) is 3.48. The number of hydrogen-bond acceptors (Lipinski definition) is 2. The monoisotopic (exact) mass is 188 g/mol. The Balaban J connectivity index is 2.46. The van der Waals surface area contributed by atoms with Crippen molar-refractivity contribution >= 4 is 5.69 Å². The standard InChI is InChI=1S/C12H16N2/c1-3-11(8-13)9-14-12-6-4-10(2)5-7-12/h4-7,11,14H,3,9H2,1-2H3. The van der Waals surface area contributed by atoms with Gasteiger partial charge in [0, 0.05) is 12.2 Å². The van der Waals surface area contributed by atoms with E-state index in [9.17, 15) is 0 Å². The summed E-state index contributed by atoms with van der Waals surface area (Å²) in [6.07, 6.45) is 0.898. The lowest BCUT2D eigenvalue weighted by molar-refractivity contribution is 0.674. The second-order valence-electron chi connectivity index (χ2n) is 3.48. The minimum Gasteiger partial charge on any atom is -0.384 e. The molecule has 0 saturated heterocycles. The Labute approximate surface area is 85.6 Å². The number of benzene rings is 1. The zero-order valence-corrected chi connectivity index (χ0v) is 8.75. The van der Waals surface area contributed by atoms with Gasteiger partial charge in [-0.15, -0.1) is 0 Å². The number of nitriles is 1. The van der Waals surface area contributed by atoms with Gasteiger partial charge in [-0.3, -0.25) is 0 Å². The van der Waals surface area contributed by atoms with Crippen LogP contribution in [0, 0.1) is 24.2 Å². The molecule has 0 aliphatic heterocycles. The van der Waals surface area contributed by atoms with Gasteiger partial charge in [0.15, 0.2) is 0 Å². The van der Waals surface area contributed by atoms with Crippen molar-refractivity contribution in [2.75, 3.05) is 11.9 Å². The van der Waals surface area contributed by atoms with Crippen LogP contribution in [0.2, 0.25) is 0 Å². The highest BCUT2D eigenvalue weighted by Gasteiger charge is 2.02. The summed E-state index contributed by atoms with van der Waals surface area (Å²) >= 11 is 0. The van der Waals surface area contributed by atoms with Crippen LogP contribution in [0.1, 0.15) is 18.9 Å². The fraction of sp³-hybridized carbons (Fsp3) is 0.417. The Morgan fingerprint density at radius 3 is 2.50 bits per heavy atom. The number of nitrogens with zero attached hydrogens (tertiary/aromatic N) is 1. The van der Waals surface area contributed by atoms with Crippen LogP contribution >= 0.6 is 0 Å². The summed E-state index contributed by atoms with van der Waals surface area (Å²) in [5, 5.41) is 12.0. The van der Waals surface area contributed by atoms with E-state index in [1.54, 1.807) is 0 Å². The van der Waals surface area contributed by atoms with Crippen LogP contribution in [0.15, 0.2) is 24.3 Å². The van der Waals surface area contributed by atoms with E-state index in [1.807, 2.05) is 19.1 Å². The molecule has 1 aromatic carbocycles. The lowest BCUT2D eigenvalue weighted by atomic mass is 10.1. The van der Waals surface area contributed by atoms with Crippen molar-refractivity contribution in [1.29, 1.82) is 5.26 Å². The number of nitrogens with one attached hydrogen (secondary N) is 1.